The van der Waals surface area contributed by atoms with Crippen molar-refractivity contribution in [2.24, 2.45) is 0 Å². The highest BCUT2D eigenvalue weighted by Crippen LogP contribution is 2.43. The number of benzene rings is 1. The standard InChI is InChI=1S/C24H34O6/c1-4-5-6-7-8-9-10-11-15-18-24(19-16-13-12-14-17-19)29-20(22(25)27-2)21(30-24)23(26)28-3/h12-14,16-17H,4-11,15,18H2,1-3H3. The van der Waals surface area contributed by atoms with Gasteiger partial charge in [0.15, 0.2) is 0 Å². The third kappa shape index (κ3) is 6.25. The Labute approximate surface area is 179 Å². The van der Waals surface area contributed by atoms with Crippen LogP contribution in [0.4, 0.5) is 0 Å². The van der Waals surface area contributed by atoms with Crippen LogP contribution in [0, 0.1) is 0 Å². The van der Waals surface area contributed by atoms with Gasteiger partial charge in [0, 0.05) is 12.0 Å². The number of unbranched alkanes of at least 4 members (excludes halogenated alkanes) is 8. The first-order chi connectivity index (χ1) is 14.6. The Morgan fingerprint density at radius 2 is 1.23 bits per heavy atom. The number of hydrogen-bond donors (Lipinski definition) is 0. The highest BCUT2D eigenvalue weighted by molar-refractivity contribution is 5.98. The maximum absolute atomic E-state index is 12.2. The molecule has 0 aromatic heterocycles. The van der Waals surface area contributed by atoms with Crippen LogP contribution in [0.3, 0.4) is 0 Å². The number of rotatable bonds is 13. The maximum atomic E-state index is 12.2. The number of ether oxygens (including phenoxy) is 4. The van der Waals surface area contributed by atoms with E-state index in [1.165, 1.54) is 52.7 Å². The van der Waals surface area contributed by atoms with Crippen molar-refractivity contribution < 1.29 is 28.5 Å². The van der Waals surface area contributed by atoms with Gasteiger partial charge in [-0.2, -0.15) is 0 Å². The maximum Gasteiger partial charge on any atom is 0.377 e. The van der Waals surface area contributed by atoms with Crippen molar-refractivity contribution in [1.29, 1.82) is 0 Å². The van der Waals surface area contributed by atoms with E-state index in [0.717, 1.165) is 24.8 Å². The first-order valence-electron chi connectivity index (χ1n) is 10.9. The molecular weight excluding hydrogens is 384 g/mol. The lowest BCUT2D eigenvalue weighted by Gasteiger charge is -2.29. The lowest BCUT2D eigenvalue weighted by molar-refractivity contribution is -0.182. The molecule has 0 spiro atoms. The summed E-state index contributed by atoms with van der Waals surface area (Å²) >= 11 is 0. The molecule has 0 radical (unpaired) electrons. The Balaban J connectivity index is 2.03. The van der Waals surface area contributed by atoms with Crippen LogP contribution in [0.2, 0.25) is 0 Å². The number of carbonyl (C=O) groups is 2. The first-order valence-corrected chi connectivity index (χ1v) is 10.9. The molecule has 2 rings (SSSR count). The van der Waals surface area contributed by atoms with Gasteiger partial charge in [-0.15, -0.1) is 0 Å². The lowest BCUT2D eigenvalue weighted by atomic mass is 9.98. The van der Waals surface area contributed by atoms with Crippen molar-refractivity contribution in [1.82, 2.24) is 0 Å². The summed E-state index contributed by atoms with van der Waals surface area (Å²) in [5.41, 5.74) is 0.741. The smallest absolute Gasteiger partial charge is 0.377 e. The predicted octanol–water partition coefficient (Wildman–Crippen LogP) is 5.36. The topological polar surface area (TPSA) is 71.1 Å². The van der Waals surface area contributed by atoms with Gasteiger partial charge >= 0.3 is 11.9 Å². The van der Waals surface area contributed by atoms with Crippen LogP contribution in [0.5, 0.6) is 0 Å². The van der Waals surface area contributed by atoms with Gasteiger partial charge in [-0.25, -0.2) is 9.59 Å². The average Bonchev–Trinajstić information content (AvgIpc) is 3.18. The molecule has 1 aliphatic heterocycles. The second-order valence-corrected chi connectivity index (χ2v) is 7.54. The number of esters is 2. The minimum atomic E-state index is -1.24. The molecule has 0 N–H and O–H groups in total. The zero-order valence-corrected chi connectivity index (χ0v) is 18.4. The molecule has 0 amide bonds. The molecule has 1 aliphatic rings. The largest absolute Gasteiger partial charge is 0.463 e. The second kappa shape index (κ2) is 12.3. The van der Waals surface area contributed by atoms with Crippen LogP contribution in [0.25, 0.3) is 0 Å². The zero-order valence-electron chi connectivity index (χ0n) is 18.4. The SMILES string of the molecule is CCCCCCCCCCCC1(c2ccccc2)OC(C(=O)OC)=C(C(=O)OC)O1. The zero-order chi connectivity index (χ0) is 21.8. The Hall–Kier alpha value is -2.50. The number of methoxy groups -OCH3 is 2. The molecular formula is C24H34O6. The Kier molecular flexibility index (Phi) is 9.71. The quantitative estimate of drug-likeness (QED) is 0.317. The Morgan fingerprint density at radius 1 is 0.767 bits per heavy atom. The van der Waals surface area contributed by atoms with E-state index in [1.54, 1.807) is 0 Å². The van der Waals surface area contributed by atoms with E-state index >= 15 is 0 Å². The van der Waals surface area contributed by atoms with Crippen LogP contribution in [-0.2, 0) is 34.3 Å². The monoisotopic (exact) mass is 418 g/mol. The van der Waals surface area contributed by atoms with Crippen LogP contribution in [0.1, 0.15) is 76.7 Å². The normalized spacial score (nSPS) is 14.8. The van der Waals surface area contributed by atoms with Crippen LogP contribution in [0.15, 0.2) is 41.9 Å². The fourth-order valence-corrected chi connectivity index (χ4v) is 3.62. The van der Waals surface area contributed by atoms with Gasteiger partial charge in [0.05, 0.1) is 14.2 Å². The van der Waals surface area contributed by atoms with Crippen molar-refractivity contribution in [2.75, 3.05) is 14.2 Å². The summed E-state index contributed by atoms with van der Waals surface area (Å²) < 4.78 is 21.5. The van der Waals surface area contributed by atoms with Crippen molar-refractivity contribution >= 4 is 11.9 Å². The summed E-state index contributed by atoms with van der Waals surface area (Å²) in [6.45, 7) is 2.22. The van der Waals surface area contributed by atoms with E-state index in [1.807, 2.05) is 30.3 Å². The fraction of sp³-hybridized carbons (Fsp3) is 0.583. The van der Waals surface area contributed by atoms with E-state index in [4.69, 9.17) is 18.9 Å². The molecule has 0 fully saturated rings. The molecule has 0 saturated carbocycles. The van der Waals surface area contributed by atoms with Gasteiger partial charge in [-0.1, -0.05) is 88.6 Å². The molecule has 6 nitrogen and oxygen atoms in total. The van der Waals surface area contributed by atoms with E-state index in [2.05, 4.69) is 6.92 Å². The van der Waals surface area contributed by atoms with Gasteiger partial charge in [-0.05, 0) is 6.42 Å². The summed E-state index contributed by atoms with van der Waals surface area (Å²) in [5, 5.41) is 0. The second-order valence-electron chi connectivity index (χ2n) is 7.54. The van der Waals surface area contributed by atoms with E-state index in [-0.39, 0.29) is 11.5 Å². The Morgan fingerprint density at radius 3 is 1.70 bits per heavy atom. The summed E-state index contributed by atoms with van der Waals surface area (Å²) in [6, 6.07) is 9.36. The highest BCUT2D eigenvalue weighted by Gasteiger charge is 2.49. The van der Waals surface area contributed by atoms with E-state index < -0.39 is 17.7 Å². The highest BCUT2D eigenvalue weighted by atomic mass is 16.8. The van der Waals surface area contributed by atoms with Gasteiger partial charge < -0.3 is 18.9 Å². The third-order valence-corrected chi connectivity index (χ3v) is 5.30. The first kappa shape index (κ1) is 23.8. The van der Waals surface area contributed by atoms with Crippen molar-refractivity contribution in [2.45, 2.75) is 76.9 Å². The molecule has 1 aromatic carbocycles. The van der Waals surface area contributed by atoms with Crippen molar-refractivity contribution in [3.05, 3.63) is 47.4 Å². The predicted molar refractivity (Wildman–Crippen MR) is 113 cm³/mol. The third-order valence-electron chi connectivity index (χ3n) is 5.30. The molecule has 6 heteroatoms. The summed E-state index contributed by atoms with van der Waals surface area (Å²) in [4.78, 5) is 24.4. The fourth-order valence-electron chi connectivity index (χ4n) is 3.62. The van der Waals surface area contributed by atoms with Gasteiger partial charge in [0.2, 0.25) is 0 Å². The molecule has 30 heavy (non-hydrogen) atoms. The Bertz CT molecular complexity index is 682. The molecule has 166 valence electrons. The van der Waals surface area contributed by atoms with Crippen molar-refractivity contribution in [3.63, 3.8) is 0 Å². The summed E-state index contributed by atoms with van der Waals surface area (Å²) in [6.07, 6.45) is 11.2. The molecule has 0 atom stereocenters. The molecule has 0 aliphatic carbocycles. The average molecular weight is 419 g/mol. The van der Waals surface area contributed by atoms with Gasteiger partial charge in [-0.3, -0.25) is 0 Å². The number of hydrogen-bond acceptors (Lipinski definition) is 6. The van der Waals surface area contributed by atoms with Gasteiger partial charge in [0.25, 0.3) is 17.3 Å². The molecule has 0 unspecified atom stereocenters. The van der Waals surface area contributed by atoms with Crippen LogP contribution in [-0.4, -0.2) is 26.2 Å². The molecule has 1 aromatic rings. The van der Waals surface area contributed by atoms with Crippen LogP contribution >= 0.6 is 0 Å². The van der Waals surface area contributed by atoms with Gasteiger partial charge in [0.1, 0.15) is 0 Å². The van der Waals surface area contributed by atoms with E-state index in [0.29, 0.717) is 6.42 Å². The summed E-state index contributed by atoms with van der Waals surface area (Å²) in [7, 11) is 2.47. The summed E-state index contributed by atoms with van der Waals surface area (Å²) in [5.74, 6) is -3.26. The molecule has 0 bridgehead atoms. The molecule has 0 saturated heterocycles. The minimum absolute atomic E-state index is 0.246. The van der Waals surface area contributed by atoms with Crippen LogP contribution < -0.4 is 0 Å². The minimum Gasteiger partial charge on any atom is -0.463 e. The van der Waals surface area contributed by atoms with E-state index in [9.17, 15) is 9.59 Å². The molecule has 1 heterocycles. The number of carbonyl (C=O) groups excluding carboxylic acids is 2. The van der Waals surface area contributed by atoms with Crippen molar-refractivity contribution in [3.8, 4) is 0 Å². The lowest BCUT2D eigenvalue weighted by Crippen LogP contribution is -2.29.